The lowest BCUT2D eigenvalue weighted by Gasteiger charge is -2.31. The summed E-state index contributed by atoms with van der Waals surface area (Å²) in [5.74, 6) is 1.33. The fraction of sp³-hybridized carbons (Fsp3) is 0.500. The molecule has 1 aromatic rings. The average molecular weight is 265 g/mol. The summed E-state index contributed by atoms with van der Waals surface area (Å²) >= 11 is 0. The van der Waals surface area contributed by atoms with Gasteiger partial charge >= 0.3 is 6.09 Å². The number of carbonyl (C=O) groups is 1. The number of methoxy groups -OCH3 is 1. The highest BCUT2D eigenvalue weighted by molar-refractivity contribution is 5.90. The highest BCUT2D eigenvalue weighted by Crippen LogP contribution is 2.35. The molecule has 1 amide bonds. The molecule has 0 bridgehead atoms. The third kappa shape index (κ3) is 3.10. The normalized spacial score (nSPS) is 14.4. The van der Waals surface area contributed by atoms with Crippen molar-refractivity contribution in [3.63, 3.8) is 0 Å². The van der Waals surface area contributed by atoms with Crippen LogP contribution in [0.5, 0.6) is 11.5 Å². The van der Waals surface area contributed by atoms with Gasteiger partial charge in [-0.15, -0.1) is 0 Å². The number of nitrogens with zero attached hydrogens (tertiary/aromatic N) is 1. The van der Waals surface area contributed by atoms with Crippen LogP contribution in [0.4, 0.5) is 10.5 Å². The maximum atomic E-state index is 12.1. The summed E-state index contributed by atoms with van der Waals surface area (Å²) in [6, 6.07) is 5.37. The summed E-state index contributed by atoms with van der Waals surface area (Å²) in [7, 11) is 1.59. The quantitative estimate of drug-likeness (QED) is 0.783. The number of fused-ring (bicyclic) bond motifs is 1. The first-order valence-corrected chi connectivity index (χ1v) is 6.22. The molecule has 0 radical (unpaired) electrons. The molecule has 5 heteroatoms. The lowest BCUT2D eigenvalue weighted by molar-refractivity contribution is 0.0567. The summed E-state index contributed by atoms with van der Waals surface area (Å²) in [6.45, 7) is 6.47. The van der Waals surface area contributed by atoms with Gasteiger partial charge in [-0.25, -0.2) is 4.79 Å². The predicted molar refractivity (Wildman–Crippen MR) is 72.1 cm³/mol. The van der Waals surface area contributed by atoms with E-state index in [4.69, 9.17) is 14.2 Å². The number of rotatable bonds is 1. The Morgan fingerprint density at radius 1 is 1.37 bits per heavy atom. The van der Waals surface area contributed by atoms with Gasteiger partial charge in [0, 0.05) is 6.07 Å². The molecule has 0 fully saturated rings. The van der Waals surface area contributed by atoms with E-state index in [1.807, 2.05) is 20.8 Å². The molecule has 1 aromatic carbocycles. The molecular weight excluding hydrogens is 246 g/mol. The van der Waals surface area contributed by atoms with Gasteiger partial charge in [0.15, 0.2) is 0 Å². The Labute approximate surface area is 113 Å². The van der Waals surface area contributed by atoms with Crippen molar-refractivity contribution in [1.82, 2.24) is 0 Å². The van der Waals surface area contributed by atoms with Crippen molar-refractivity contribution in [1.29, 1.82) is 0 Å². The Morgan fingerprint density at radius 2 is 2.11 bits per heavy atom. The molecule has 1 aliphatic rings. The van der Waals surface area contributed by atoms with Crippen LogP contribution in [0.2, 0.25) is 0 Å². The lowest BCUT2D eigenvalue weighted by Crippen LogP contribution is -2.41. The molecule has 0 saturated carbocycles. The summed E-state index contributed by atoms with van der Waals surface area (Å²) in [5.41, 5.74) is 0.198. The topological polar surface area (TPSA) is 48.0 Å². The van der Waals surface area contributed by atoms with Crippen molar-refractivity contribution in [2.75, 3.05) is 25.2 Å². The van der Waals surface area contributed by atoms with E-state index in [9.17, 15) is 4.79 Å². The van der Waals surface area contributed by atoms with Crippen LogP contribution in [0.1, 0.15) is 20.8 Å². The van der Waals surface area contributed by atoms with Gasteiger partial charge in [-0.1, -0.05) is 0 Å². The van der Waals surface area contributed by atoms with E-state index < -0.39 is 5.60 Å². The first kappa shape index (κ1) is 13.5. The van der Waals surface area contributed by atoms with Crippen LogP contribution in [-0.4, -0.2) is 32.0 Å². The Balaban J connectivity index is 2.25. The SMILES string of the molecule is COc1ccc2c(c1)OCCN2C(=O)OC(C)(C)C. The van der Waals surface area contributed by atoms with Crippen molar-refractivity contribution >= 4 is 11.8 Å². The van der Waals surface area contributed by atoms with E-state index in [0.717, 1.165) is 0 Å². The molecule has 0 N–H and O–H groups in total. The van der Waals surface area contributed by atoms with Gasteiger partial charge in [-0.05, 0) is 32.9 Å². The molecule has 0 spiro atoms. The third-order valence-corrected chi connectivity index (χ3v) is 2.64. The van der Waals surface area contributed by atoms with Gasteiger partial charge < -0.3 is 14.2 Å². The number of hydrogen-bond donors (Lipinski definition) is 0. The minimum Gasteiger partial charge on any atom is -0.497 e. The molecular formula is C14H19NO4. The zero-order valence-electron chi connectivity index (χ0n) is 11.7. The van der Waals surface area contributed by atoms with Crippen molar-refractivity contribution in [3.05, 3.63) is 18.2 Å². The molecule has 0 saturated heterocycles. The summed E-state index contributed by atoms with van der Waals surface area (Å²) < 4.78 is 16.1. The van der Waals surface area contributed by atoms with Gasteiger partial charge in [0.05, 0.1) is 19.3 Å². The van der Waals surface area contributed by atoms with E-state index in [-0.39, 0.29) is 6.09 Å². The summed E-state index contributed by atoms with van der Waals surface area (Å²) in [6.07, 6.45) is -0.359. The summed E-state index contributed by atoms with van der Waals surface area (Å²) in [4.78, 5) is 13.7. The fourth-order valence-corrected chi connectivity index (χ4v) is 1.83. The smallest absolute Gasteiger partial charge is 0.415 e. The molecule has 2 rings (SSSR count). The highest BCUT2D eigenvalue weighted by atomic mass is 16.6. The van der Waals surface area contributed by atoms with E-state index in [1.54, 1.807) is 30.2 Å². The number of anilines is 1. The number of hydrogen-bond acceptors (Lipinski definition) is 4. The predicted octanol–water partition coefficient (Wildman–Crippen LogP) is 2.83. The average Bonchev–Trinajstić information content (AvgIpc) is 2.35. The highest BCUT2D eigenvalue weighted by Gasteiger charge is 2.28. The van der Waals surface area contributed by atoms with E-state index in [0.29, 0.717) is 30.3 Å². The van der Waals surface area contributed by atoms with Gasteiger partial charge in [-0.3, -0.25) is 4.90 Å². The second kappa shape index (κ2) is 4.99. The van der Waals surface area contributed by atoms with Crippen LogP contribution < -0.4 is 14.4 Å². The minimum atomic E-state index is -0.512. The van der Waals surface area contributed by atoms with Crippen LogP contribution >= 0.6 is 0 Å². The van der Waals surface area contributed by atoms with Gasteiger partial charge in [-0.2, -0.15) is 0 Å². The fourth-order valence-electron chi connectivity index (χ4n) is 1.83. The van der Waals surface area contributed by atoms with Crippen LogP contribution in [-0.2, 0) is 4.74 Å². The largest absolute Gasteiger partial charge is 0.497 e. The first-order chi connectivity index (χ1) is 8.90. The second-order valence-corrected chi connectivity index (χ2v) is 5.31. The Morgan fingerprint density at radius 3 is 2.74 bits per heavy atom. The monoisotopic (exact) mass is 265 g/mol. The molecule has 0 aromatic heterocycles. The zero-order chi connectivity index (χ0) is 14.0. The van der Waals surface area contributed by atoms with E-state index in [2.05, 4.69) is 0 Å². The van der Waals surface area contributed by atoms with E-state index in [1.165, 1.54) is 0 Å². The van der Waals surface area contributed by atoms with Gasteiger partial charge in [0.1, 0.15) is 23.7 Å². The molecule has 5 nitrogen and oxygen atoms in total. The lowest BCUT2D eigenvalue weighted by atomic mass is 10.2. The van der Waals surface area contributed by atoms with Crippen molar-refractivity contribution in [2.45, 2.75) is 26.4 Å². The standard InChI is InChI=1S/C14H19NO4/c1-14(2,3)19-13(16)15-7-8-18-12-9-10(17-4)5-6-11(12)15/h5-6,9H,7-8H2,1-4H3. The Kier molecular flexibility index (Phi) is 3.55. The molecule has 0 unspecified atom stereocenters. The Hall–Kier alpha value is -1.91. The molecule has 1 heterocycles. The molecule has 104 valence electrons. The molecule has 19 heavy (non-hydrogen) atoms. The van der Waals surface area contributed by atoms with Crippen LogP contribution in [0, 0.1) is 0 Å². The number of ether oxygens (including phenoxy) is 3. The van der Waals surface area contributed by atoms with Crippen molar-refractivity contribution in [3.8, 4) is 11.5 Å². The second-order valence-electron chi connectivity index (χ2n) is 5.31. The third-order valence-electron chi connectivity index (χ3n) is 2.64. The van der Waals surface area contributed by atoms with Crippen molar-refractivity contribution < 1.29 is 19.0 Å². The number of carbonyl (C=O) groups excluding carboxylic acids is 1. The Bertz CT molecular complexity index is 479. The van der Waals surface area contributed by atoms with Crippen LogP contribution in [0.25, 0.3) is 0 Å². The van der Waals surface area contributed by atoms with Crippen molar-refractivity contribution in [2.24, 2.45) is 0 Å². The maximum absolute atomic E-state index is 12.1. The molecule has 0 aliphatic carbocycles. The van der Waals surface area contributed by atoms with Gasteiger partial charge in [0.25, 0.3) is 0 Å². The molecule has 1 aliphatic heterocycles. The first-order valence-electron chi connectivity index (χ1n) is 6.22. The van der Waals surface area contributed by atoms with Crippen LogP contribution in [0.3, 0.4) is 0 Å². The molecule has 0 atom stereocenters. The number of amides is 1. The van der Waals surface area contributed by atoms with Crippen LogP contribution in [0.15, 0.2) is 18.2 Å². The van der Waals surface area contributed by atoms with Gasteiger partial charge in [0.2, 0.25) is 0 Å². The minimum absolute atomic E-state index is 0.359. The summed E-state index contributed by atoms with van der Waals surface area (Å²) in [5, 5.41) is 0. The van der Waals surface area contributed by atoms with E-state index >= 15 is 0 Å². The zero-order valence-corrected chi connectivity index (χ0v) is 11.7. The number of benzene rings is 1. The maximum Gasteiger partial charge on any atom is 0.415 e.